The van der Waals surface area contributed by atoms with Crippen molar-refractivity contribution in [1.82, 2.24) is 10.6 Å². The van der Waals surface area contributed by atoms with Crippen molar-refractivity contribution < 1.29 is 27.1 Å². The van der Waals surface area contributed by atoms with Gasteiger partial charge in [0, 0.05) is 10.9 Å². The largest absolute Gasteiger partial charge is 0.489 e. The zero-order valence-electron chi connectivity index (χ0n) is 16.3. The first kappa shape index (κ1) is 20.3. The fourth-order valence-corrected chi connectivity index (χ4v) is 3.59. The van der Waals surface area contributed by atoms with Crippen molar-refractivity contribution in [2.75, 3.05) is 13.1 Å². The molecule has 0 saturated carbocycles. The van der Waals surface area contributed by atoms with E-state index in [9.17, 15) is 18.0 Å². The summed E-state index contributed by atoms with van der Waals surface area (Å²) >= 11 is 0. The number of carbonyl (C=O) groups is 1. The number of aryl methyl sites for hydroxylation is 1. The predicted molar refractivity (Wildman–Crippen MR) is 105 cm³/mol. The zero-order valence-corrected chi connectivity index (χ0v) is 16.3. The van der Waals surface area contributed by atoms with E-state index in [0.29, 0.717) is 34.6 Å². The molecule has 0 radical (unpaired) electrons. The van der Waals surface area contributed by atoms with E-state index in [-0.39, 0.29) is 24.4 Å². The lowest BCUT2D eigenvalue weighted by molar-refractivity contribution is -0.0487. The number of halogens is 3. The van der Waals surface area contributed by atoms with Crippen LogP contribution in [0.1, 0.15) is 28.1 Å². The van der Waals surface area contributed by atoms with Gasteiger partial charge in [0.1, 0.15) is 29.5 Å². The molecule has 5 nitrogen and oxygen atoms in total. The van der Waals surface area contributed by atoms with E-state index in [2.05, 4.69) is 10.6 Å². The average Bonchev–Trinajstić information content (AvgIpc) is 3.04. The zero-order chi connectivity index (χ0) is 21.3. The van der Waals surface area contributed by atoms with Crippen LogP contribution in [0, 0.1) is 12.7 Å². The Hall–Kier alpha value is -3.00. The summed E-state index contributed by atoms with van der Waals surface area (Å²) in [5.74, 6) is -3.29. The van der Waals surface area contributed by atoms with Crippen molar-refractivity contribution in [3.63, 3.8) is 0 Å². The lowest BCUT2D eigenvalue weighted by atomic mass is 10.0. The summed E-state index contributed by atoms with van der Waals surface area (Å²) in [4.78, 5) is 12.8. The van der Waals surface area contributed by atoms with Crippen LogP contribution >= 0.6 is 0 Å². The fourth-order valence-electron chi connectivity index (χ4n) is 3.59. The van der Waals surface area contributed by atoms with Crippen molar-refractivity contribution in [2.24, 2.45) is 0 Å². The molecule has 4 rings (SSSR count). The van der Waals surface area contributed by atoms with Crippen molar-refractivity contribution in [2.45, 2.75) is 31.9 Å². The van der Waals surface area contributed by atoms with Crippen molar-refractivity contribution in [3.8, 4) is 5.75 Å². The highest BCUT2D eigenvalue weighted by Crippen LogP contribution is 2.31. The van der Waals surface area contributed by atoms with Crippen LogP contribution in [-0.2, 0) is 6.61 Å². The Balaban J connectivity index is 1.57. The molecule has 1 fully saturated rings. The van der Waals surface area contributed by atoms with Crippen LogP contribution in [0.25, 0.3) is 11.0 Å². The number of amides is 1. The molecule has 1 aliphatic heterocycles. The summed E-state index contributed by atoms with van der Waals surface area (Å²) in [5, 5.41) is 5.53. The second-order valence-electron chi connectivity index (χ2n) is 7.32. The molecule has 2 aromatic carbocycles. The monoisotopic (exact) mass is 418 g/mol. The Morgan fingerprint density at radius 3 is 2.87 bits per heavy atom. The number of rotatable bonds is 5. The average molecular weight is 418 g/mol. The summed E-state index contributed by atoms with van der Waals surface area (Å²) < 4.78 is 53.3. The van der Waals surface area contributed by atoms with E-state index in [1.54, 1.807) is 43.3 Å². The molecule has 30 heavy (non-hydrogen) atoms. The van der Waals surface area contributed by atoms with Crippen LogP contribution in [0.15, 0.2) is 46.9 Å². The van der Waals surface area contributed by atoms with Gasteiger partial charge in [-0.1, -0.05) is 18.2 Å². The molecular weight excluding hydrogens is 397 g/mol. The van der Waals surface area contributed by atoms with Gasteiger partial charge < -0.3 is 19.8 Å². The van der Waals surface area contributed by atoms with Gasteiger partial charge in [-0.3, -0.25) is 4.79 Å². The van der Waals surface area contributed by atoms with E-state index in [4.69, 9.17) is 9.15 Å². The van der Waals surface area contributed by atoms with E-state index in [1.165, 1.54) is 6.07 Å². The molecule has 1 saturated heterocycles. The minimum Gasteiger partial charge on any atom is -0.489 e. The highest BCUT2D eigenvalue weighted by molar-refractivity contribution is 6.07. The summed E-state index contributed by atoms with van der Waals surface area (Å²) in [6, 6.07) is 9.90. The lowest BCUT2D eigenvalue weighted by Crippen LogP contribution is -2.57. The summed E-state index contributed by atoms with van der Waals surface area (Å²) in [6.45, 7) is 1.55. The number of nitrogens with one attached hydrogen (secondary N) is 2. The van der Waals surface area contributed by atoms with Crippen LogP contribution in [0.2, 0.25) is 0 Å². The number of carbonyl (C=O) groups excluding carboxylic acids is 1. The van der Waals surface area contributed by atoms with Gasteiger partial charge in [-0.2, -0.15) is 0 Å². The Morgan fingerprint density at radius 2 is 2.10 bits per heavy atom. The third-order valence-corrected chi connectivity index (χ3v) is 5.20. The maximum atomic E-state index is 14.1. The molecule has 1 aliphatic rings. The Bertz CT molecular complexity index is 1080. The van der Waals surface area contributed by atoms with Gasteiger partial charge in [-0.05, 0) is 44.2 Å². The molecule has 0 spiro atoms. The summed E-state index contributed by atoms with van der Waals surface area (Å²) in [7, 11) is 0. The number of hydrogen-bond acceptors (Lipinski definition) is 4. The number of benzene rings is 2. The van der Waals surface area contributed by atoms with E-state index < -0.39 is 24.4 Å². The molecule has 0 aliphatic carbocycles. The molecular formula is C22H21F3N2O3. The second-order valence-corrected chi connectivity index (χ2v) is 7.32. The molecule has 2 heterocycles. The fraction of sp³-hybridized carbons (Fsp3) is 0.318. The minimum absolute atomic E-state index is 0.0117. The first-order chi connectivity index (χ1) is 14.3. The van der Waals surface area contributed by atoms with Gasteiger partial charge in [0.05, 0.1) is 18.2 Å². The molecule has 8 heteroatoms. The highest BCUT2D eigenvalue weighted by Gasteiger charge is 2.42. The number of ether oxygens (including phenoxy) is 1. The smallest absolute Gasteiger partial charge is 0.280 e. The number of hydrogen-bond donors (Lipinski definition) is 2. The van der Waals surface area contributed by atoms with Crippen LogP contribution in [0.5, 0.6) is 5.75 Å². The molecule has 1 atom stereocenters. The second kappa shape index (κ2) is 8.02. The molecule has 1 aromatic heterocycles. The van der Waals surface area contributed by atoms with Crippen molar-refractivity contribution in [1.29, 1.82) is 0 Å². The standard InChI is InChI=1S/C22H21F3N2O3/c1-13-20(21(28)27-19-8-9-26-12-22(19,24)25)16-10-15(6-7-18(16)30-13)29-11-14-4-2-3-5-17(14)23/h2-7,10,19,26H,8-9,11-12H2,1H3,(H,27,28). The number of piperidine rings is 1. The maximum absolute atomic E-state index is 14.1. The Kier molecular flexibility index (Phi) is 5.42. The lowest BCUT2D eigenvalue weighted by Gasteiger charge is -2.32. The van der Waals surface area contributed by atoms with Crippen LogP contribution < -0.4 is 15.4 Å². The Morgan fingerprint density at radius 1 is 1.30 bits per heavy atom. The van der Waals surface area contributed by atoms with Gasteiger partial charge in [-0.25, -0.2) is 13.2 Å². The van der Waals surface area contributed by atoms with Gasteiger partial charge in [-0.15, -0.1) is 0 Å². The predicted octanol–water partition coefficient (Wildman–Crippen LogP) is 4.19. The van der Waals surface area contributed by atoms with Gasteiger partial charge in [0.25, 0.3) is 11.8 Å². The van der Waals surface area contributed by atoms with Crippen LogP contribution in [-0.4, -0.2) is 31.0 Å². The SMILES string of the molecule is Cc1oc2ccc(OCc3ccccc3F)cc2c1C(=O)NC1CCNCC1(F)F. The van der Waals surface area contributed by atoms with Gasteiger partial charge >= 0.3 is 0 Å². The first-order valence-corrected chi connectivity index (χ1v) is 9.64. The molecule has 3 aromatic rings. The third kappa shape index (κ3) is 4.00. The number of alkyl halides is 2. The van der Waals surface area contributed by atoms with Crippen molar-refractivity contribution >= 4 is 16.9 Å². The van der Waals surface area contributed by atoms with Gasteiger partial charge in [0.2, 0.25) is 0 Å². The first-order valence-electron chi connectivity index (χ1n) is 9.64. The van der Waals surface area contributed by atoms with E-state index in [1.807, 2.05) is 0 Å². The quantitative estimate of drug-likeness (QED) is 0.652. The molecule has 158 valence electrons. The number of furan rings is 1. The van der Waals surface area contributed by atoms with E-state index >= 15 is 0 Å². The number of fused-ring (bicyclic) bond motifs is 1. The molecule has 1 amide bonds. The van der Waals surface area contributed by atoms with Crippen LogP contribution in [0.3, 0.4) is 0 Å². The van der Waals surface area contributed by atoms with Gasteiger partial charge in [0.15, 0.2) is 0 Å². The van der Waals surface area contributed by atoms with Crippen LogP contribution in [0.4, 0.5) is 13.2 Å². The normalized spacial score (nSPS) is 18.3. The molecule has 0 bridgehead atoms. The minimum atomic E-state index is -3.03. The molecule has 1 unspecified atom stereocenters. The summed E-state index contributed by atoms with van der Waals surface area (Å²) in [6.07, 6.45) is 0.130. The topological polar surface area (TPSA) is 63.5 Å². The van der Waals surface area contributed by atoms with Crippen molar-refractivity contribution in [3.05, 3.63) is 65.2 Å². The summed E-state index contributed by atoms with van der Waals surface area (Å²) in [5.41, 5.74) is 1.02. The highest BCUT2D eigenvalue weighted by atomic mass is 19.3. The third-order valence-electron chi connectivity index (χ3n) is 5.20. The maximum Gasteiger partial charge on any atom is 0.280 e. The Labute approximate surface area is 171 Å². The van der Waals surface area contributed by atoms with E-state index in [0.717, 1.165) is 0 Å². The molecule has 2 N–H and O–H groups in total.